The zero-order chi connectivity index (χ0) is 31.4. The fourth-order valence-electron chi connectivity index (χ4n) is 6.32. The summed E-state index contributed by atoms with van der Waals surface area (Å²) in [6, 6.07) is 42.7. The minimum Gasteiger partial charge on any atom is -0.436 e. The van der Waals surface area contributed by atoms with E-state index in [2.05, 4.69) is 149 Å². The predicted molar refractivity (Wildman–Crippen MR) is 188 cm³/mol. The highest BCUT2D eigenvalue weighted by Gasteiger charge is 2.13. The van der Waals surface area contributed by atoms with Gasteiger partial charge in [0.15, 0.2) is 11.2 Å². The van der Waals surface area contributed by atoms with Crippen LogP contribution in [-0.4, -0.2) is 9.97 Å². The van der Waals surface area contributed by atoms with Gasteiger partial charge in [-0.05, 0) is 120 Å². The van der Waals surface area contributed by atoms with Crippen LogP contribution >= 0.6 is 0 Å². The molecule has 0 saturated carbocycles. The van der Waals surface area contributed by atoms with E-state index in [0.717, 1.165) is 55.6 Å². The number of rotatable bonds is 5. The topological polar surface area (TPSA) is 52.1 Å². The lowest BCUT2D eigenvalue weighted by molar-refractivity contribution is 0.617. The van der Waals surface area contributed by atoms with Gasteiger partial charge in [0, 0.05) is 11.1 Å². The van der Waals surface area contributed by atoms with Gasteiger partial charge < -0.3 is 8.83 Å². The molecule has 0 atom stereocenters. The summed E-state index contributed by atoms with van der Waals surface area (Å²) in [5.74, 6) is 1.30. The molecule has 46 heavy (non-hydrogen) atoms. The van der Waals surface area contributed by atoms with Crippen LogP contribution in [0.5, 0.6) is 0 Å². The molecule has 4 heteroatoms. The Hall–Kier alpha value is -5.74. The van der Waals surface area contributed by atoms with Gasteiger partial charge in [0.2, 0.25) is 11.8 Å². The average Bonchev–Trinajstić information content (AvgIpc) is 3.71. The van der Waals surface area contributed by atoms with Crippen LogP contribution in [0, 0.1) is 27.7 Å². The molecule has 0 aliphatic heterocycles. The Morgan fingerprint density at radius 3 is 0.891 bits per heavy atom. The third-order valence-corrected chi connectivity index (χ3v) is 8.67. The number of fused-ring (bicyclic) bond motifs is 2. The zero-order valence-electron chi connectivity index (χ0n) is 26.3. The van der Waals surface area contributed by atoms with Crippen molar-refractivity contribution < 1.29 is 8.83 Å². The van der Waals surface area contributed by atoms with E-state index in [0.29, 0.717) is 11.8 Å². The Labute approximate surface area is 268 Å². The van der Waals surface area contributed by atoms with Crippen molar-refractivity contribution >= 4 is 22.2 Å². The van der Waals surface area contributed by atoms with Crippen molar-refractivity contribution in [1.29, 1.82) is 0 Å². The Balaban J connectivity index is 0.971. The third kappa shape index (κ3) is 5.08. The number of nitrogens with zero attached hydrogens (tertiary/aromatic N) is 2. The standard InChI is InChI=1S/C42H32N2O2/c1-25-21-27(3)39-37(23-25)43-41(45-39)35-17-13-33(14-18-35)31-9-5-29(6-10-31)30-7-11-32(12-8-30)34-15-19-36(20-16-34)42-44-38-24-26(2)22-28(4)40(38)46-42/h5-24H,1-4H3. The largest absolute Gasteiger partial charge is 0.436 e. The number of aryl methyl sites for hydroxylation is 4. The van der Waals surface area contributed by atoms with Crippen molar-refractivity contribution in [1.82, 2.24) is 9.97 Å². The van der Waals surface area contributed by atoms with Crippen molar-refractivity contribution in [3.8, 4) is 56.3 Å². The van der Waals surface area contributed by atoms with E-state index in [9.17, 15) is 0 Å². The van der Waals surface area contributed by atoms with E-state index in [1.807, 2.05) is 0 Å². The van der Waals surface area contributed by atoms with E-state index in [1.165, 1.54) is 33.4 Å². The summed E-state index contributed by atoms with van der Waals surface area (Å²) in [4.78, 5) is 9.47. The maximum atomic E-state index is 6.11. The molecule has 0 spiro atoms. The van der Waals surface area contributed by atoms with Crippen molar-refractivity contribution in [3.63, 3.8) is 0 Å². The van der Waals surface area contributed by atoms with Gasteiger partial charge in [0.25, 0.3) is 0 Å². The summed E-state index contributed by atoms with van der Waals surface area (Å²) >= 11 is 0. The van der Waals surface area contributed by atoms with Crippen LogP contribution in [-0.2, 0) is 0 Å². The molecular formula is C42H32N2O2. The number of hydrogen-bond donors (Lipinski definition) is 0. The van der Waals surface area contributed by atoms with Crippen molar-refractivity contribution in [2.45, 2.75) is 27.7 Å². The van der Waals surface area contributed by atoms with Crippen LogP contribution in [0.3, 0.4) is 0 Å². The van der Waals surface area contributed by atoms with Crippen molar-refractivity contribution in [2.24, 2.45) is 0 Å². The smallest absolute Gasteiger partial charge is 0.227 e. The van der Waals surface area contributed by atoms with Crippen molar-refractivity contribution in [3.05, 3.63) is 144 Å². The Bertz CT molecular complexity index is 2190. The van der Waals surface area contributed by atoms with Gasteiger partial charge in [-0.2, -0.15) is 0 Å². The minimum atomic E-state index is 0.651. The summed E-state index contributed by atoms with van der Waals surface area (Å²) in [5, 5.41) is 0. The summed E-state index contributed by atoms with van der Waals surface area (Å²) in [5.41, 5.74) is 17.1. The molecule has 2 heterocycles. The lowest BCUT2D eigenvalue weighted by atomic mass is 9.97. The number of benzene rings is 6. The van der Waals surface area contributed by atoms with E-state index >= 15 is 0 Å². The van der Waals surface area contributed by atoms with Gasteiger partial charge in [0.1, 0.15) is 11.0 Å². The van der Waals surface area contributed by atoms with Crippen molar-refractivity contribution in [2.75, 3.05) is 0 Å². The fraction of sp³-hybridized carbons (Fsp3) is 0.0952. The van der Waals surface area contributed by atoms with E-state index in [1.54, 1.807) is 0 Å². The molecule has 222 valence electrons. The van der Waals surface area contributed by atoms with Crippen LogP contribution < -0.4 is 0 Å². The van der Waals surface area contributed by atoms with E-state index in [-0.39, 0.29) is 0 Å². The maximum absolute atomic E-state index is 6.11. The first-order valence-electron chi connectivity index (χ1n) is 15.6. The van der Waals surface area contributed by atoms with Crippen LogP contribution in [0.2, 0.25) is 0 Å². The zero-order valence-corrected chi connectivity index (χ0v) is 26.3. The van der Waals surface area contributed by atoms with Crippen LogP contribution in [0.4, 0.5) is 0 Å². The van der Waals surface area contributed by atoms with E-state index < -0.39 is 0 Å². The van der Waals surface area contributed by atoms with Gasteiger partial charge in [0.05, 0.1) is 0 Å². The first-order valence-corrected chi connectivity index (χ1v) is 15.6. The molecule has 8 rings (SSSR count). The Morgan fingerprint density at radius 1 is 0.348 bits per heavy atom. The molecule has 0 aliphatic carbocycles. The van der Waals surface area contributed by atoms with Gasteiger partial charge in [-0.25, -0.2) is 9.97 Å². The molecule has 4 nitrogen and oxygen atoms in total. The molecule has 8 aromatic rings. The molecule has 6 aromatic carbocycles. The van der Waals surface area contributed by atoms with Crippen LogP contribution in [0.25, 0.3) is 78.5 Å². The monoisotopic (exact) mass is 596 g/mol. The first-order chi connectivity index (χ1) is 22.4. The molecule has 0 fully saturated rings. The Morgan fingerprint density at radius 2 is 0.609 bits per heavy atom. The second-order valence-electron chi connectivity index (χ2n) is 12.2. The lowest BCUT2D eigenvalue weighted by Gasteiger charge is -2.08. The second-order valence-corrected chi connectivity index (χ2v) is 12.2. The SMILES string of the molecule is Cc1cc(C)c2oc(-c3ccc(-c4ccc(-c5ccc(-c6ccc(-c7nc8cc(C)cc(C)c8o7)cc6)cc5)cc4)cc3)nc2c1. The van der Waals surface area contributed by atoms with Gasteiger partial charge in [-0.3, -0.25) is 0 Å². The molecule has 0 aliphatic rings. The lowest BCUT2D eigenvalue weighted by Crippen LogP contribution is -1.83. The quantitative estimate of drug-likeness (QED) is 0.198. The summed E-state index contributed by atoms with van der Waals surface area (Å²) in [6.45, 7) is 8.29. The van der Waals surface area contributed by atoms with Crippen LogP contribution in [0.1, 0.15) is 22.3 Å². The molecular weight excluding hydrogens is 564 g/mol. The average molecular weight is 597 g/mol. The Kier molecular flexibility index (Phi) is 6.65. The molecule has 0 saturated heterocycles. The van der Waals surface area contributed by atoms with Gasteiger partial charge in [-0.1, -0.05) is 84.9 Å². The first kappa shape index (κ1) is 27.8. The van der Waals surface area contributed by atoms with E-state index in [4.69, 9.17) is 18.8 Å². The number of oxazole rings is 2. The third-order valence-electron chi connectivity index (χ3n) is 8.67. The highest BCUT2D eigenvalue weighted by Crippen LogP contribution is 2.32. The number of hydrogen-bond acceptors (Lipinski definition) is 4. The summed E-state index contributed by atoms with van der Waals surface area (Å²) < 4.78 is 12.2. The molecule has 2 aromatic heterocycles. The molecule has 0 N–H and O–H groups in total. The molecule has 0 unspecified atom stereocenters. The predicted octanol–water partition coefficient (Wildman–Crippen LogP) is 11.5. The molecule has 0 bridgehead atoms. The highest BCUT2D eigenvalue weighted by molar-refractivity contribution is 5.82. The second kappa shape index (κ2) is 11.0. The fourth-order valence-corrected chi connectivity index (χ4v) is 6.32. The normalized spacial score (nSPS) is 11.5. The van der Waals surface area contributed by atoms with Gasteiger partial charge >= 0.3 is 0 Å². The molecule has 0 radical (unpaired) electrons. The maximum Gasteiger partial charge on any atom is 0.227 e. The minimum absolute atomic E-state index is 0.651. The highest BCUT2D eigenvalue weighted by atomic mass is 16.4. The summed E-state index contributed by atoms with van der Waals surface area (Å²) in [6.07, 6.45) is 0. The van der Waals surface area contributed by atoms with Crippen LogP contribution in [0.15, 0.2) is 130 Å². The van der Waals surface area contributed by atoms with Gasteiger partial charge in [-0.15, -0.1) is 0 Å². The number of aromatic nitrogens is 2. The summed E-state index contributed by atoms with van der Waals surface area (Å²) in [7, 11) is 0. The molecule has 0 amide bonds.